The van der Waals surface area contributed by atoms with Gasteiger partial charge in [-0.1, -0.05) is 28.1 Å². The molecule has 0 amide bonds. The Balaban J connectivity index is 2.18. The first-order chi connectivity index (χ1) is 7.51. The summed E-state index contributed by atoms with van der Waals surface area (Å²) in [6.07, 6.45) is 1.93. The van der Waals surface area contributed by atoms with E-state index >= 15 is 0 Å². The van der Waals surface area contributed by atoms with Crippen LogP contribution < -0.4 is 5.73 Å². The van der Waals surface area contributed by atoms with Crippen LogP contribution in [0.4, 0.5) is 0 Å². The largest absolute Gasteiger partial charge is 0.480 e. The zero-order chi connectivity index (χ0) is 11.8. The number of rotatable bonds is 2. The number of halogens is 1. The van der Waals surface area contributed by atoms with Gasteiger partial charge < -0.3 is 10.8 Å². The highest BCUT2D eigenvalue weighted by atomic mass is 79.9. The van der Waals surface area contributed by atoms with Crippen LogP contribution in [0, 0.1) is 0 Å². The fourth-order valence-electron chi connectivity index (χ4n) is 2.31. The molecule has 1 aliphatic rings. The third kappa shape index (κ3) is 2.13. The van der Waals surface area contributed by atoms with Crippen molar-refractivity contribution in [2.75, 3.05) is 0 Å². The number of benzene rings is 1. The van der Waals surface area contributed by atoms with Crippen LogP contribution in [0.15, 0.2) is 28.7 Å². The number of nitrogens with two attached hydrogens (primary N) is 1. The zero-order valence-electron chi connectivity index (χ0n) is 8.82. The Morgan fingerprint density at radius 1 is 1.56 bits per heavy atom. The van der Waals surface area contributed by atoms with Crippen molar-refractivity contribution in [3.63, 3.8) is 0 Å². The van der Waals surface area contributed by atoms with Crippen LogP contribution in [0.5, 0.6) is 0 Å². The van der Waals surface area contributed by atoms with Gasteiger partial charge in [0.25, 0.3) is 0 Å². The third-order valence-electron chi connectivity index (χ3n) is 3.30. The Morgan fingerprint density at radius 2 is 2.31 bits per heavy atom. The second-order valence-corrected chi connectivity index (χ2v) is 5.37. The summed E-state index contributed by atoms with van der Waals surface area (Å²) in [4.78, 5) is 11.0. The molecule has 0 bridgehead atoms. The van der Waals surface area contributed by atoms with Crippen LogP contribution in [0.2, 0.25) is 0 Å². The van der Waals surface area contributed by atoms with Crippen LogP contribution in [0.1, 0.15) is 30.7 Å². The minimum absolute atomic E-state index is 0.263. The van der Waals surface area contributed by atoms with E-state index in [0.29, 0.717) is 12.8 Å². The van der Waals surface area contributed by atoms with Gasteiger partial charge in [0.05, 0.1) is 0 Å². The van der Waals surface area contributed by atoms with E-state index in [1.165, 1.54) is 5.56 Å². The van der Waals surface area contributed by atoms with Crippen LogP contribution in [0.3, 0.4) is 0 Å². The van der Waals surface area contributed by atoms with Crippen LogP contribution >= 0.6 is 15.9 Å². The van der Waals surface area contributed by atoms with Gasteiger partial charge in [-0.2, -0.15) is 0 Å². The monoisotopic (exact) mass is 283 g/mol. The van der Waals surface area contributed by atoms with E-state index in [9.17, 15) is 4.79 Å². The first kappa shape index (κ1) is 11.6. The maximum atomic E-state index is 11.0. The Bertz CT molecular complexity index is 421. The lowest BCUT2D eigenvalue weighted by molar-refractivity contribution is -0.143. The van der Waals surface area contributed by atoms with Crippen molar-refractivity contribution < 1.29 is 9.90 Å². The molecule has 1 fully saturated rings. The molecule has 0 aliphatic heterocycles. The van der Waals surface area contributed by atoms with Gasteiger partial charge >= 0.3 is 5.97 Å². The van der Waals surface area contributed by atoms with Gasteiger partial charge in [0.1, 0.15) is 5.54 Å². The van der Waals surface area contributed by atoms with E-state index in [4.69, 9.17) is 10.8 Å². The predicted molar refractivity (Wildman–Crippen MR) is 65.3 cm³/mol. The topological polar surface area (TPSA) is 63.3 Å². The molecule has 0 heterocycles. The fraction of sp³-hybridized carbons (Fsp3) is 0.417. The van der Waals surface area contributed by atoms with E-state index in [0.717, 1.165) is 10.9 Å². The quantitative estimate of drug-likeness (QED) is 0.877. The first-order valence-electron chi connectivity index (χ1n) is 5.29. The van der Waals surface area contributed by atoms with E-state index in [1.807, 2.05) is 24.3 Å². The van der Waals surface area contributed by atoms with Crippen LogP contribution in [-0.4, -0.2) is 16.6 Å². The normalized spacial score (nSPS) is 29.2. The van der Waals surface area contributed by atoms with E-state index in [2.05, 4.69) is 15.9 Å². The highest BCUT2D eigenvalue weighted by molar-refractivity contribution is 9.10. The van der Waals surface area contributed by atoms with Gasteiger partial charge in [0.15, 0.2) is 0 Å². The minimum Gasteiger partial charge on any atom is -0.480 e. The molecule has 2 atom stereocenters. The predicted octanol–water partition coefficient (Wildman–Crippen LogP) is 2.50. The molecule has 0 unspecified atom stereocenters. The molecule has 1 aromatic rings. The van der Waals surface area contributed by atoms with Crippen molar-refractivity contribution in [1.29, 1.82) is 0 Å². The van der Waals surface area contributed by atoms with Gasteiger partial charge in [-0.15, -0.1) is 0 Å². The van der Waals surface area contributed by atoms with Gasteiger partial charge in [-0.25, -0.2) is 0 Å². The summed E-state index contributed by atoms with van der Waals surface area (Å²) in [6.45, 7) is 0. The van der Waals surface area contributed by atoms with Gasteiger partial charge in [0.2, 0.25) is 0 Å². The summed E-state index contributed by atoms with van der Waals surface area (Å²) < 4.78 is 1.02. The van der Waals surface area contributed by atoms with Crippen molar-refractivity contribution >= 4 is 21.9 Å². The molecule has 0 spiro atoms. The number of hydrogen-bond donors (Lipinski definition) is 2. The van der Waals surface area contributed by atoms with Gasteiger partial charge in [-0.05, 0) is 42.9 Å². The Morgan fingerprint density at radius 3 is 2.88 bits per heavy atom. The molecule has 1 saturated carbocycles. The average molecular weight is 284 g/mol. The van der Waals surface area contributed by atoms with E-state index in [-0.39, 0.29) is 5.92 Å². The average Bonchev–Trinajstić information content (AvgIpc) is 2.62. The van der Waals surface area contributed by atoms with E-state index < -0.39 is 11.5 Å². The molecule has 86 valence electrons. The maximum absolute atomic E-state index is 11.0. The second kappa shape index (κ2) is 4.18. The number of carboxylic acid groups (broad SMARTS) is 1. The van der Waals surface area contributed by atoms with Crippen molar-refractivity contribution in [2.45, 2.75) is 30.7 Å². The second-order valence-electron chi connectivity index (χ2n) is 4.46. The Labute approximate surface area is 103 Å². The molecule has 1 aliphatic carbocycles. The van der Waals surface area contributed by atoms with Gasteiger partial charge in [-0.3, -0.25) is 4.79 Å². The molecule has 0 aromatic heterocycles. The lowest BCUT2D eigenvalue weighted by Crippen LogP contribution is -2.45. The number of aliphatic carboxylic acids is 1. The van der Waals surface area contributed by atoms with Crippen molar-refractivity contribution in [3.05, 3.63) is 34.3 Å². The molecule has 3 N–H and O–H groups in total. The number of hydrogen-bond acceptors (Lipinski definition) is 2. The highest BCUT2D eigenvalue weighted by Gasteiger charge is 2.42. The summed E-state index contributed by atoms with van der Waals surface area (Å²) in [5, 5.41) is 9.06. The summed E-state index contributed by atoms with van der Waals surface area (Å²) >= 11 is 3.42. The third-order valence-corrected chi connectivity index (χ3v) is 3.79. The molecule has 4 heteroatoms. The van der Waals surface area contributed by atoms with Gasteiger partial charge in [0, 0.05) is 4.47 Å². The molecule has 2 rings (SSSR count). The van der Waals surface area contributed by atoms with Crippen LogP contribution in [0.25, 0.3) is 0 Å². The Kier molecular flexibility index (Phi) is 3.04. The van der Waals surface area contributed by atoms with E-state index in [1.54, 1.807) is 0 Å². The SMILES string of the molecule is N[C@@]1(C(=O)O)CC[C@@H](c2cccc(Br)c2)C1. The summed E-state index contributed by atoms with van der Waals surface area (Å²) in [5.74, 6) is -0.622. The molecule has 0 saturated heterocycles. The summed E-state index contributed by atoms with van der Waals surface area (Å²) in [7, 11) is 0. The molecular weight excluding hydrogens is 270 g/mol. The lowest BCUT2D eigenvalue weighted by Gasteiger charge is -2.18. The van der Waals surface area contributed by atoms with Crippen molar-refractivity contribution in [1.82, 2.24) is 0 Å². The Hall–Kier alpha value is -0.870. The number of carboxylic acids is 1. The molecule has 3 nitrogen and oxygen atoms in total. The van der Waals surface area contributed by atoms with Crippen LogP contribution in [-0.2, 0) is 4.79 Å². The molecule has 1 aromatic carbocycles. The molecular formula is C12H14BrNO2. The summed E-state index contributed by atoms with van der Waals surface area (Å²) in [6, 6.07) is 8.00. The molecule has 0 radical (unpaired) electrons. The first-order valence-corrected chi connectivity index (χ1v) is 6.08. The lowest BCUT2D eigenvalue weighted by atomic mass is 9.93. The van der Waals surface area contributed by atoms with Crippen molar-refractivity contribution in [2.24, 2.45) is 5.73 Å². The highest BCUT2D eigenvalue weighted by Crippen LogP contribution is 2.40. The smallest absolute Gasteiger partial charge is 0.323 e. The molecule has 16 heavy (non-hydrogen) atoms. The fourth-order valence-corrected chi connectivity index (χ4v) is 2.73. The maximum Gasteiger partial charge on any atom is 0.323 e. The zero-order valence-corrected chi connectivity index (χ0v) is 10.4. The number of carbonyl (C=O) groups is 1. The summed E-state index contributed by atoms with van der Waals surface area (Å²) in [5.41, 5.74) is 5.99. The van der Waals surface area contributed by atoms with Crippen molar-refractivity contribution in [3.8, 4) is 0 Å². The standard InChI is InChI=1S/C12H14BrNO2/c13-10-3-1-2-8(6-10)9-4-5-12(14,7-9)11(15)16/h1-3,6,9H,4-5,7,14H2,(H,15,16)/t9-,12+/m1/s1. The minimum atomic E-state index is -1.03.